The standard InChI is InChI=1S/C33H37N5O6/c1-42-26-4-2-3-23(17-26)33(41)38-15-13-37(14-16-38)28-11-5-21(31(39)35-25-9-7-24(34)8-10-25)18-27(28)36-32(40)22-6-12-29-30(19-22)44-20-43-29/h2-6,11-12,17-19,24-25H,7-10,13-16,20,34H2,1H3,(H,35,39)(H,36,40). The predicted molar refractivity (Wildman–Crippen MR) is 166 cm³/mol. The van der Waals surface area contributed by atoms with Crippen LogP contribution in [0.15, 0.2) is 60.7 Å². The Labute approximate surface area is 256 Å². The number of methoxy groups -OCH3 is 1. The summed E-state index contributed by atoms with van der Waals surface area (Å²) >= 11 is 0. The highest BCUT2D eigenvalue weighted by Crippen LogP contribution is 2.34. The van der Waals surface area contributed by atoms with Gasteiger partial charge in [-0.05, 0) is 80.3 Å². The molecule has 0 radical (unpaired) electrons. The highest BCUT2D eigenvalue weighted by Gasteiger charge is 2.26. The van der Waals surface area contributed by atoms with Gasteiger partial charge >= 0.3 is 0 Å². The molecule has 0 unspecified atom stereocenters. The monoisotopic (exact) mass is 599 g/mol. The van der Waals surface area contributed by atoms with Crippen LogP contribution in [0.5, 0.6) is 17.2 Å². The maximum atomic E-state index is 13.4. The minimum atomic E-state index is -0.338. The number of nitrogens with zero attached hydrogens (tertiary/aromatic N) is 2. The van der Waals surface area contributed by atoms with Gasteiger partial charge in [0.25, 0.3) is 17.7 Å². The average Bonchev–Trinajstić information content (AvgIpc) is 3.54. The van der Waals surface area contributed by atoms with Crippen LogP contribution in [0.25, 0.3) is 0 Å². The molecule has 3 aliphatic rings. The molecular formula is C33H37N5O6. The van der Waals surface area contributed by atoms with E-state index in [2.05, 4.69) is 15.5 Å². The van der Waals surface area contributed by atoms with Crippen LogP contribution in [0, 0.1) is 0 Å². The van der Waals surface area contributed by atoms with Gasteiger partial charge in [0.05, 0.1) is 18.5 Å². The lowest BCUT2D eigenvalue weighted by Gasteiger charge is -2.37. The van der Waals surface area contributed by atoms with Gasteiger partial charge in [-0.2, -0.15) is 0 Å². The van der Waals surface area contributed by atoms with Crippen LogP contribution in [-0.2, 0) is 0 Å². The van der Waals surface area contributed by atoms with E-state index in [1.807, 2.05) is 17.0 Å². The summed E-state index contributed by atoms with van der Waals surface area (Å²) in [6, 6.07) is 17.8. The van der Waals surface area contributed by atoms with E-state index < -0.39 is 0 Å². The van der Waals surface area contributed by atoms with Gasteiger partial charge in [0.15, 0.2) is 11.5 Å². The number of carbonyl (C=O) groups excluding carboxylic acids is 3. The molecule has 6 rings (SSSR count). The van der Waals surface area contributed by atoms with E-state index in [0.717, 1.165) is 31.4 Å². The van der Waals surface area contributed by atoms with E-state index in [1.165, 1.54) is 0 Å². The quantitative estimate of drug-likeness (QED) is 0.375. The molecule has 3 aromatic carbocycles. The Balaban J connectivity index is 1.20. The van der Waals surface area contributed by atoms with Gasteiger partial charge in [-0.15, -0.1) is 0 Å². The van der Waals surface area contributed by atoms with E-state index >= 15 is 0 Å². The molecule has 1 saturated heterocycles. The van der Waals surface area contributed by atoms with E-state index in [1.54, 1.807) is 55.6 Å². The minimum Gasteiger partial charge on any atom is -0.497 e. The number of carbonyl (C=O) groups is 3. The van der Waals surface area contributed by atoms with Crippen molar-refractivity contribution in [3.05, 3.63) is 77.4 Å². The number of nitrogens with two attached hydrogens (primary N) is 1. The first-order valence-electron chi connectivity index (χ1n) is 15.0. The smallest absolute Gasteiger partial charge is 0.255 e. The SMILES string of the molecule is COc1cccc(C(=O)N2CCN(c3ccc(C(=O)NC4CCC(N)CC4)cc3NC(=O)c3ccc4c(c3)OCO4)CC2)c1. The van der Waals surface area contributed by atoms with Crippen molar-refractivity contribution < 1.29 is 28.6 Å². The summed E-state index contributed by atoms with van der Waals surface area (Å²) in [7, 11) is 1.58. The molecule has 4 N–H and O–H groups in total. The molecule has 1 saturated carbocycles. The van der Waals surface area contributed by atoms with Crippen LogP contribution in [0.2, 0.25) is 0 Å². The molecule has 0 bridgehead atoms. The molecule has 0 atom stereocenters. The van der Waals surface area contributed by atoms with Crippen LogP contribution in [0.3, 0.4) is 0 Å². The van der Waals surface area contributed by atoms with Gasteiger partial charge in [-0.3, -0.25) is 14.4 Å². The summed E-state index contributed by atoms with van der Waals surface area (Å²) in [6.07, 6.45) is 3.45. The van der Waals surface area contributed by atoms with Gasteiger partial charge < -0.3 is 40.4 Å². The third kappa shape index (κ3) is 6.42. The van der Waals surface area contributed by atoms with Crippen molar-refractivity contribution in [2.45, 2.75) is 37.8 Å². The summed E-state index contributed by atoms with van der Waals surface area (Å²) in [5, 5.41) is 6.16. The largest absolute Gasteiger partial charge is 0.497 e. The number of fused-ring (bicyclic) bond motifs is 1. The van der Waals surface area contributed by atoms with Crippen LogP contribution >= 0.6 is 0 Å². The maximum absolute atomic E-state index is 13.4. The zero-order valence-electron chi connectivity index (χ0n) is 24.7. The fourth-order valence-electron chi connectivity index (χ4n) is 5.91. The first-order chi connectivity index (χ1) is 21.4. The molecule has 3 amide bonds. The Kier molecular flexibility index (Phi) is 8.56. The zero-order valence-corrected chi connectivity index (χ0v) is 24.7. The topological polar surface area (TPSA) is 135 Å². The van der Waals surface area contributed by atoms with E-state index in [4.69, 9.17) is 19.9 Å². The number of hydrogen-bond donors (Lipinski definition) is 3. The summed E-state index contributed by atoms with van der Waals surface area (Å²) in [5.74, 6) is 1.14. The highest BCUT2D eigenvalue weighted by atomic mass is 16.7. The molecule has 2 fully saturated rings. The molecule has 3 aromatic rings. The predicted octanol–water partition coefficient (Wildman–Crippen LogP) is 3.64. The maximum Gasteiger partial charge on any atom is 0.255 e. The number of anilines is 2. The van der Waals surface area contributed by atoms with Crippen molar-refractivity contribution in [3.8, 4) is 17.2 Å². The second-order valence-corrected chi connectivity index (χ2v) is 11.4. The first-order valence-corrected chi connectivity index (χ1v) is 15.0. The number of piperazine rings is 1. The van der Waals surface area contributed by atoms with Gasteiger partial charge in [0.2, 0.25) is 6.79 Å². The fraction of sp³-hybridized carbons (Fsp3) is 0.364. The van der Waals surface area contributed by atoms with E-state index in [0.29, 0.717) is 65.8 Å². The van der Waals surface area contributed by atoms with Gasteiger partial charge in [-0.25, -0.2) is 0 Å². The van der Waals surface area contributed by atoms with Crippen LogP contribution in [0.1, 0.15) is 56.8 Å². The average molecular weight is 600 g/mol. The third-order valence-corrected chi connectivity index (χ3v) is 8.47. The van der Waals surface area contributed by atoms with Crippen molar-refractivity contribution in [3.63, 3.8) is 0 Å². The number of amides is 3. The normalized spacial score (nSPS) is 19.3. The number of benzene rings is 3. The van der Waals surface area contributed by atoms with Crippen molar-refractivity contribution in [2.75, 3.05) is 50.3 Å². The molecule has 11 heteroatoms. The Morgan fingerprint density at radius 2 is 1.55 bits per heavy atom. The number of rotatable bonds is 7. The summed E-state index contributed by atoms with van der Waals surface area (Å²) in [6.45, 7) is 2.21. The Bertz CT molecular complexity index is 1550. The number of ether oxygens (including phenoxy) is 3. The van der Waals surface area contributed by atoms with Gasteiger partial charge in [-0.1, -0.05) is 6.07 Å². The van der Waals surface area contributed by atoms with E-state index in [9.17, 15) is 14.4 Å². The lowest BCUT2D eigenvalue weighted by atomic mass is 9.91. The number of nitrogens with one attached hydrogen (secondary N) is 2. The third-order valence-electron chi connectivity index (χ3n) is 8.47. The summed E-state index contributed by atoms with van der Waals surface area (Å²) in [4.78, 5) is 43.8. The zero-order chi connectivity index (χ0) is 30.6. The molecule has 0 spiro atoms. The summed E-state index contributed by atoms with van der Waals surface area (Å²) in [5.41, 5.74) is 8.76. The van der Waals surface area contributed by atoms with Crippen LogP contribution in [0.4, 0.5) is 11.4 Å². The molecule has 230 valence electrons. The van der Waals surface area contributed by atoms with Crippen LogP contribution < -0.4 is 35.5 Å². The Hall–Kier alpha value is -4.77. The highest BCUT2D eigenvalue weighted by molar-refractivity contribution is 6.07. The second kappa shape index (κ2) is 12.8. The molecule has 44 heavy (non-hydrogen) atoms. The molecule has 0 aromatic heterocycles. The fourth-order valence-corrected chi connectivity index (χ4v) is 5.91. The van der Waals surface area contributed by atoms with Gasteiger partial charge in [0, 0.05) is 55.0 Å². The second-order valence-electron chi connectivity index (χ2n) is 11.4. The minimum absolute atomic E-state index is 0.0597. The van der Waals surface area contributed by atoms with Crippen molar-refractivity contribution in [2.24, 2.45) is 5.73 Å². The molecule has 2 aliphatic heterocycles. The Morgan fingerprint density at radius 1 is 0.818 bits per heavy atom. The molecule has 11 nitrogen and oxygen atoms in total. The molecule has 1 aliphatic carbocycles. The first kappa shape index (κ1) is 29.3. The number of hydrogen-bond acceptors (Lipinski definition) is 8. The molecule has 2 heterocycles. The van der Waals surface area contributed by atoms with Crippen molar-refractivity contribution >= 4 is 29.1 Å². The lowest BCUT2D eigenvalue weighted by Crippen LogP contribution is -2.49. The van der Waals surface area contributed by atoms with Gasteiger partial charge in [0.1, 0.15) is 5.75 Å². The van der Waals surface area contributed by atoms with Crippen molar-refractivity contribution in [1.29, 1.82) is 0 Å². The summed E-state index contributed by atoms with van der Waals surface area (Å²) < 4.78 is 16.1. The lowest BCUT2D eigenvalue weighted by molar-refractivity contribution is 0.0746. The molecular weight excluding hydrogens is 562 g/mol. The van der Waals surface area contributed by atoms with E-state index in [-0.39, 0.29) is 36.6 Å². The Morgan fingerprint density at radius 3 is 2.32 bits per heavy atom. The van der Waals surface area contributed by atoms with Crippen LogP contribution in [-0.4, -0.2) is 74.8 Å². The van der Waals surface area contributed by atoms with Crippen molar-refractivity contribution in [1.82, 2.24) is 10.2 Å².